The average Bonchev–Trinajstić information content (AvgIpc) is 2.33. The van der Waals surface area contributed by atoms with Crippen molar-refractivity contribution in [3.8, 4) is 0 Å². The molecule has 0 aromatic heterocycles. The van der Waals surface area contributed by atoms with E-state index in [0.717, 1.165) is 23.7 Å². The molecule has 106 valence electrons. The molecule has 3 nitrogen and oxygen atoms in total. The molecule has 3 atom stereocenters. The molecule has 1 saturated heterocycles. The highest BCUT2D eigenvalue weighted by Gasteiger charge is 2.28. The molecular formula is C15H23ClN2O. The third-order valence-electron chi connectivity index (χ3n) is 3.69. The fourth-order valence-corrected chi connectivity index (χ4v) is 2.97. The van der Waals surface area contributed by atoms with Gasteiger partial charge in [-0.1, -0.05) is 23.7 Å². The van der Waals surface area contributed by atoms with E-state index in [9.17, 15) is 0 Å². The summed E-state index contributed by atoms with van der Waals surface area (Å²) in [7, 11) is 0. The molecule has 3 unspecified atom stereocenters. The van der Waals surface area contributed by atoms with E-state index in [1.54, 1.807) is 0 Å². The van der Waals surface area contributed by atoms with Crippen LogP contribution in [0.5, 0.6) is 0 Å². The Morgan fingerprint density at radius 1 is 1.37 bits per heavy atom. The van der Waals surface area contributed by atoms with Crippen LogP contribution in [0, 0.1) is 6.92 Å². The third kappa shape index (κ3) is 3.48. The molecule has 0 saturated carbocycles. The van der Waals surface area contributed by atoms with Gasteiger partial charge in [0.15, 0.2) is 0 Å². The second-order valence-corrected chi connectivity index (χ2v) is 5.88. The molecule has 0 bridgehead atoms. The second kappa shape index (κ2) is 6.23. The lowest BCUT2D eigenvalue weighted by atomic mass is 10.0. The van der Waals surface area contributed by atoms with Crippen LogP contribution in [0.15, 0.2) is 18.2 Å². The number of halogens is 1. The lowest BCUT2D eigenvalue weighted by Crippen LogP contribution is -2.48. The Bertz CT molecular complexity index is 428. The Morgan fingerprint density at radius 2 is 2.00 bits per heavy atom. The molecule has 1 heterocycles. The van der Waals surface area contributed by atoms with E-state index < -0.39 is 0 Å². The van der Waals surface area contributed by atoms with Crippen molar-refractivity contribution >= 4 is 11.6 Å². The minimum absolute atomic E-state index is 0.215. The predicted octanol–water partition coefficient (Wildman–Crippen LogP) is 2.76. The maximum Gasteiger partial charge on any atom is 0.0678 e. The van der Waals surface area contributed by atoms with Gasteiger partial charge in [-0.25, -0.2) is 0 Å². The van der Waals surface area contributed by atoms with Gasteiger partial charge in [-0.15, -0.1) is 0 Å². The van der Waals surface area contributed by atoms with Gasteiger partial charge in [0.2, 0.25) is 0 Å². The smallest absolute Gasteiger partial charge is 0.0678 e. The summed E-state index contributed by atoms with van der Waals surface area (Å²) >= 11 is 6.23. The maximum absolute atomic E-state index is 6.23. The lowest BCUT2D eigenvalue weighted by molar-refractivity contribution is -0.0799. The SMILES string of the molecule is Cc1ccc(C(CN)N2CC(C)OC(C)C2)cc1Cl. The highest BCUT2D eigenvalue weighted by Crippen LogP contribution is 2.27. The van der Waals surface area contributed by atoms with E-state index in [0.29, 0.717) is 6.54 Å². The largest absolute Gasteiger partial charge is 0.373 e. The molecule has 0 radical (unpaired) electrons. The number of nitrogens with two attached hydrogens (primary N) is 1. The van der Waals surface area contributed by atoms with Crippen LogP contribution >= 0.6 is 11.6 Å². The van der Waals surface area contributed by atoms with E-state index in [2.05, 4.69) is 30.9 Å². The van der Waals surface area contributed by atoms with Crippen molar-refractivity contribution in [3.05, 3.63) is 34.3 Å². The van der Waals surface area contributed by atoms with Gasteiger partial charge in [-0.2, -0.15) is 0 Å². The van der Waals surface area contributed by atoms with Crippen LogP contribution in [0.3, 0.4) is 0 Å². The summed E-state index contributed by atoms with van der Waals surface area (Å²) in [5.74, 6) is 0. The van der Waals surface area contributed by atoms with E-state index in [1.807, 2.05) is 13.0 Å². The summed E-state index contributed by atoms with van der Waals surface area (Å²) in [4.78, 5) is 2.40. The Balaban J connectivity index is 2.21. The highest BCUT2D eigenvalue weighted by molar-refractivity contribution is 6.31. The van der Waals surface area contributed by atoms with Crippen LogP contribution < -0.4 is 5.73 Å². The van der Waals surface area contributed by atoms with Gasteiger partial charge in [0.25, 0.3) is 0 Å². The lowest BCUT2D eigenvalue weighted by Gasteiger charge is -2.40. The van der Waals surface area contributed by atoms with Gasteiger partial charge >= 0.3 is 0 Å². The molecule has 1 aromatic carbocycles. The molecule has 0 spiro atoms. The van der Waals surface area contributed by atoms with Gasteiger partial charge in [-0.3, -0.25) is 4.90 Å². The van der Waals surface area contributed by atoms with Crippen LogP contribution in [-0.4, -0.2) is 36.7 Å². The molecule has 19 heavy (non-hydrogen) atoms. The van der Waals surface area contributed by atoms with Crippen molar-refractivity contribution < 1.29 is 4.74 Å². The number of ether oxygens (including phenoxy) is 1. The fraction of sp³-hybridized carbons (Fsp3) is 0.600. The zero-order chi connectivity index (χ0) is 14.0. The van der Waals surface area contributed by atoms with Crippen molar-refractivity contribution in [1.29, 1.82) is 0 Å². The number of morpholine rings is 1. The van der Waals surface area contributed by atoms with Gasteiger partial charge in [0.05, 0.1) is 12.2 Å². The zero-order valence-corrected chi connectivity index (χ0v) is 12.7. The molecule has 1 aromatic rings. The number of benzene rings is 1. The first-order chi connectivity index (χ1) is 9.01. The molecule has 2 rings (SSSR count). The normalized spacial score (nSPS) is 26.4. The third-order valence-corrected chi connectivity index (χ3v) is 4.10. The average molecular weight is 283 g/mol. The summed E-state index contributed by atoms with van der Waals surface area (Å²) in [6, 6.07) is 6.45. The van der Waals surface area contributed by atoms with Crippen molar-refractivity contribution in [1.82, 2.24) is 4.90 Å². The Morgan fingerprint density at radius 3 is 2.53 bits per heavy atom. The summed E-state index contributed by atoms with van der Waals surface area (Å²) in [5, 5.41) is 0.810. The Labute approximate surface area is 120 Å². The minimum atomic E-state index is 0.215. The summed E-state index contributed by atoms with van der Waals surface area (Å²) in [6.45, 7) is 8.66. The number of hydrogen-bond donors (Lipinski definition) is 1. The van der Waals surface area contributed by atoms with Crippen molar-refractivity contribution in [3.63, 3.8) is 0 Å². The molecule has 1 aliphatic heterocycles. The quantitative estimate of drug-likeness (QED) is 0.926. The highest BCUT2D eigenvalue weighted by atomic mass is 35.5. The second-order valence-electron chi connectivity index (χ2n) is 5.47. The molecule has 4 heteroatoms. The van der Waals surface area contributed by atoms with E-state index in [-0.39, 0.29) is 18.2 Å². The number of hydrogen-bond acceptors (Lipinski definition) is 3. The first-order valence-electron chi connectivity index (χ1n) is 6.87. The predicted molar refractivity (Wildman–Crippen MR) is 79.6 cm³/mol. The van der Waals surface area contributed by atoms with Gasteiger partial charge in [0.1, 0.15) is 0 Å². The monoisotopic (exact) mass is 282 g/mol. The van der Waals surface area contributed by atoms with Gasteiger partial charge < -0.3 is 10.5 Å². The molecule has 0 amide bonds. The first kappa shape index (κ1) is 14.8. The fourth-order valence-electron chi connectivity index (χ4n) is 2.78. The first-order valence-corrected chi connectivity index (χ1v) is 7.24. The Hall–Kier alpha value is -0.610. The molecule has 1 aliphatic rings. The van der Waals surface area contributed by atoms with Crippen LogP contribution in [0.25, 0.3) is 0 Å². The summed E-state index contributed by atoms with van der Waals surface area (Å²) in [6.07, 6.45) is 0.498. The van der Waals surface area contributed by atoms with Crippen LogP contribution in [-0.2, 0) is 4.74 Å². The molecule has 1 fully saturated rings. The standard InChI is InChI=1S/C15H23ClN2O/c1-10-4-5-13(6-14(10)16)15(7-17)18-8-11(2)19-12(3)9-18/h4-6,11-12,15H,7-9,17H2,1-3H3. The van der Waals surface area contributed by atoms with Crippen molar-refractivity contribution in [2.24, 2.45) is 5.73 Å². The van der Waals surface area contributed by atoms with E-state index in [1.165, 1.54) is 5.56 Å². The van der Waals surface area contributed by atoms with Crippen molar-refractivity contribution in [2.45, 2.75) is 39.0 Å². The summed E-state index contributed by atoms with van der Waals surface area (Å²) in [5.41, 5.74) is 8.28. The maximum atomic E-state index is 6.23. The van der Waals surface area contributed by atoms with Crippen molar-refractivity contribution in [2.75, 3.05) is 19.6 Å². The topological polar surface area (TPSA) is 38.5 Å². The number of aryl methyl sites for hydroxylation is 1. The molecular weight excluding hydrogens is 260 g/mol. The molecule has 2 N–H and O–H groups in total. The Kier molecular flexibility index (Phi) is 4.85. The van der Waals surface area contributed by atoms with Crippen LogP contribution in [0.2, 0.25) is 5.02 Å². The van der Waals surface area contributed by atoms with E-state index >= 15 is 0 Å². The zero-order valence-electron chi connectivity index (χ0n) is 11.9. The van der Waals surface area contributed by atoms with Crippen LogP contribution in [0.4, 0.5) is 0 Å². The number of rotatable bonds is 3. The van der Waals surface area contributed by atoms with Gasteiger partial charge in [-0.05, 0) is 38.0 Å². The summed E-state index contributed by atoms with van der Waals surface area (Å²) < 4.78 is 5.78. The minimum Gasteiger partial charge on any atom is -0.373 e. The van der Waals surface area contributed by atoms with Crippen LogP contribution in [0.1, 0.15) is 31.0 Å². The van der Waals surface area contributed by atoms with Gasteiger partial charge in [0, 0.05) is 30.7 Å². The van der Waals surface area contributed by atoms with E-state index in [4.69, 9.17) is 22.1 Å². The number of nitrogens with zero attached hydrogens (tertiary/aromatic N) is 1. The molecule has 0 aliphatic carbocycles.